The molecule has 1 aromatic heterocycles. The number of aromatic nitrogens is 3. The Balaban J connectivity index is 1.48. The SMILES string of the molecule is Cc1cc(Cn2nc(C(F)(F)F)nc2C(F)(F)F)ccc1NC(=O)c1c(Cl)cccc1C(=O)NC(C)(C)COCc1ccccc1. The van der Waals surface area contributed by atoms with Crippen LogP contribution in [-0.2, 0) is 30.2 Å². The summed E-state index contributed by atoms with van der Waals surface area (Å²) in [5, 5.41) is 8.48. The number of carbonyl (C=O) groups is 2. The van der Waals surface area contributed by atoms with Crippen LogP contribution >= 0.6 is 11.6 Å². The largest absolute Gasteiger partial charge is 0.453 e. The molecule has 0 spiro atoms. The molecule has 0 atom stereocenters. The molecule has 0 fully saturated rings. The summed E-state index contributed by atoms with van der Waals surface area (Å²) in [4.78, 5) is 29.3. The lowest BCUT2D eigenvalue weighted by Gasteiger charge is -2.26. The van der Waals surface area contributed by atoms with Crippen LogP contribution < -0.4 is 10.6 Å². The van der Waals surface area contributed by atoms with E-state index < -0.39 is 47.9 Å². The Hall–Kier alpha value is -4.43. The molecular formula is C31H28ClF6N5O3. The Kier molecular flexibility index (Phi) is 10.1. The lowest BCUT2D eigenvalue weighted by Crippen LogP contribution is -2.47. The second-order valence-corrected chi connectivity index (χ2v) is 11.4. The Labute approximate surface area is 264 Å². The van der Waals surface area contributed by atoms with Gasteiger partial charge in [0.1, 0.15) is 0 Å². The van der Waals surface area contributed by atoms with Crippen molar-refractivity contribution in [2.24, 2.45) is 0 Å². The van der Waals surface area contributed by atoms with Crippen molar-refractivity contribution in [3.63, 3.8) is 0 Å². The number of aryl methyl sites for hydroxylation is 1. The number of halogens is 7. The van der Waals surface area contributed by atoms with E-state index in [1.165, 1.54) is 43.3 Å². The molecule has 4 rings (SSSR count). The number of alkyl halides is 6. The molecule has 0 aliphatic heterocycles. The highest BCUT2D eigenvalue weighted by Crippen LogP contribution is 2.33. The second kappa shape index (κ2) is 13.5. The molecule has 3 aromatic carbocycles. The first-order valence-electron chi connectivity index (χ1n) is 13.7. The minimum absolute atomic E-state index is 0.0103. The molecule has 0 saturated carbocycles. The number of benzene rings is 3. The van der Waals surface area contributed by atoms with Gasteiger partial charge in [-0.15, -0.1) is 5.10 Å². The molecular weight excluding hydrogens is 640 g/mol. The van der Waals surface area contributed by atoms with Crippen molar-refractivity contribution in [2.75, 3.05) is 11.9 Å². The van der Waals surface area contributed by atoms with E-state index in [9.17, 15) is 35.9 Å². The number of carbonyl (C=O) groups excluding carboxylic acids is 2. The van der Waals surface area contributed by atoms with Crippen molar-refractivity contribution in [2.45, 2.75) is 51.8 Å². The summed E-state index contributed by atoms with van der Waals surface area (Å²) in [6, 6.07) is 17.9. The molecule has 244 valence electrons. The first-order valence-corrected chi connectivity index (χ1v) is 14.1. The zero-order valence-corrected chi connectivity index (χ0v) is 25.4. The van der Waals surface area contributed by atoms with Gasteiger partial charge in [-0.25, -0.2) is 4.68 Å². The summed E-state index contributed by atoms with van der Waals surface area (Å²) in [7, 11) is 0. The molecule has 0 aliphatic carbocycles. The number of nitrogens with one attached hydrogen (secondary N) is 2. The lowest BCUT2D eigenvalue weighted by atomic mass is 10.0. The topological polar surface area (TPSA) is 98.1 Å². The third-order valence-corrected chi connectivity index (χ3v) is 6.88. The molecule has 2 amide bonds. The Morgan fingerprint density at radius 1 is 0.891 bits per heavy atom. The Morgan fingerprint density at radius 2 is 1.59 bits per heavy atom. The lowest BCUT2D eigenvalue weighted by molar-refractivity contribution is -0.150. The standard InChI is InChI=1S/C31H28ClF6N5O3/c1-18-14-20(15-43-28(31(36,37)38)40-27(42-43)30(33,34)35)12-13-23(18)39-26(45)24-21(10-7-11-22(24)32)25(44)41-29(2,3)17-46-16-19-8-5-4-6-9-19/h4-14H,15-17H2,1-3H3,(H,39,45)(H,41,44). The molecule has 1 heterocycles. The van der Waals surface area contributed by atoms with Gasteiger partial charge in [-0.3, -0.25) is 9.59 Å². The fraction of sp³-hybridized carbons (Fsp3) is 0.290. The maximum atomic E-state index is 13.4. The van der Waals surface area contributed by atoms with Crippen LogP contribution in [0.25, 0.3) is 0 Å². The average Bonchev–Trinajstić information content (AvgIpc) is 3.40. The quantitative estimate of drug-likeness (QED) is 0.173. The maximum absolute atomic E-state index is 13.4. The summed E-state index contributed by atoms with van der Waals surface area (Å²) >= 11 is 6.35. The summed E-state index contributed by atoms with van der Waals surface area (Å²) in [5.41, 5.74) is 0.747. The fourth-order valence-electron chi connectivity index (χ4n) is 4.46. The van der Waals surface area contributed by atoms with E-state index in [2.05, 4.69) is 20.7 Å². The minimum atomic E-state index is -5.18. The molecule has 0 bridgehead atoms. The third kappa shape index (κ3) is 8.63. The van der Waals surface area contributed by atoms with E-state index in [0.717, 1.165) is 5.56 Å². The second-order valence-electron chi connectivity index (χ2n) is 11.0. The Bertz CT molecular complexity index is 1720. The minimum Gasteiger partial charge on any atom is -0.374 e. The van der Waals surface area contributed by atoms with Crippen LogP contribution in [0.1, 0.15) is 62.9 Å². The van der Waals surface area contributed by atoms with Crippen molar-refractivity contribution < 1.29 is 40.7 Å². The molecule has 4 aromatic rings. The van der Waals surface area contributed by atoms with Gasteiger partial charge in [-0.05, 0) is 55.7 Å². The highest BCUT2D eigenvalue weighted by Gasteiger charge is 2.44. The van der Waals surface area contributed by atoms with Crippen LogP contribution in [0, 0.1) is 6.92 Å². The van der Waals surface area contributed by atoms with Gasteiger partial charge in [0.05, 0.1) is 41.4 Å². The van der Waals surface area contributed by atoms with Gasteiger partial charge >= 0.3 is 12.4 Å². The van der Waals surface area contributed by atoms with Crippen molar-refractivity contribution in [3.05, 3.63) is 111 Å². The van der Waals surface area contributed by atoms with E-state index in [-0.39, 0.29) is 38.7 Å². The molecule has 0 radical (unpaired) electrons. The predicted molar refractivity (Wildman–Crippen MR) is 157 cm³/mol. The van der Waals surface area contributed by atoms with E-state index >= 15 is 0 Å². The van der Waals surface area contributed by atoms with Gasteiger partial charge in [0.15, 0.2) is 0 Å². The summed E-state index contributed by atoms with van der Waals surface area (Å²) in [6.45, 7) is 4.87. The van der Waals surface area contributed by atoms with Gasteiger partial charge in [-0.2, -0.15) is 31.3 Å². The number of hydrogen-bond acceptors (Lipinski definition) is 5. The van der Waals surface area contributed by atoms with Crippen LogP contribution in [0.2, 0.25) is 5.02 Å². The first-order chi connectivity index (χ1) is 21.4. The van der Waals surface area contributed by atoms with Crippen LogP contribution in [0.5, 0.6) is 0 Å². The highest BCUT2D eigenvalue weighted by molar-refractivity contribution is 6.35. The third-order valence-electron chi connectivity index (χ3n) is 6.56. The number of hydrogen-bond donors (Lipinski definition) is 2. The van der Waals surface area contributed by atoms with Gasteiger partial charge in [0, 0.05) is 5.69 Å². The monoisotopic (exact) mass is 667 g/mol. The van der Waals surface area contributed by atoms with Gasteiger partial charge in [-0.1, -0.05) is 60.1 Å². The first kappa shape index (κ1) is 34.4. The van der Waals surface area contributed by atoms with Crippen molar-refractivity contribution in [1.82, 2.24) is 20.1 Å². The Morgan fingerprint density at radius 3 is 2.22 bits per heavy atom. The van der Waals surface area contributed by atoms with Crippen molar-refractivity contribution in [1.29, 1.82) is 0 Å². The van der Waals surface area contributed by atoms with Gasteiger partial charge in [0.2, 0.25) is 5.82 Å². The number of nitrogens with zero attached hydrogens (tertiary/aromatic N) is 3. The normalized spacial score (nSPS) is 12.2. The number of ether oxygens (including phenoxy) is 1. The molecule has 2 N–H and O–H groups in total. The summed E-state index contributed by atoms with van der Waals surface area (Å²) in [6.07, 6.45) is -10.3. The van der Waals surface area contributed by atoms with Crippen LogP contribution in [0.3, 0.4) is 0 Å². The van der Waals surface area contributed by atoms with E-state index in [1.54, 1.807) is 13.8 Å². The van der Waals surface area contributed by atoms with Crippen LogP contribution in [0.4, 0.5) is 32.0 Å². The molecule has 15 heteroatoms. The zero-order chi connectivity index (χ0) is 33.9. The number of anilines is 1. The summed E-state index contributed by atoms with van der Waals surface area (Å²) in [5.74, 6) is -5.04. The number of amides is 2. The summed E-state index contributed by atoms with van der Waals surface area (Å²) < 4.78 is 84.9. The fourth-order valence-corrected chi connectivity index (χ4v) is 4.72. The van der Waals surface area contributed by atoms with E-state index in [4.69, 9.17) is 16.3 Å². The smallest absolute Gasteiger partial charge is 0.374 e. The van der Waals surface area contributed by atoms with Gasteiger partial charge < -0.3 is 15.4 Å². The maximum Gasteiger partial charge on any atom is 0.453 e. The molecule has 46 heavy (non-hydrogen) atoms. The predicted octanol–water partition coefficient (Wildman–Crippen LogP) is 7.30. The zero-order valence-electron chi connectivity index (χ0n) is 24.7. The van der Waals surface area contributed by atoms with E-state index in [1.807, 2.05) is 30.3 Å². The molecule has 0 unspecified atom stereocenters. The molecule has 0 aliphatic rings. The molecule has 0 saturated heterocycles. The molecule has 8 nitrogen and oxygen atoms in total. The average molecular weight is 668 g/mol. The van der Waals surface area contributed by atoms with Crippen molar-refractivity contribution >= 4 is 29.1 Å². The van der Waals surface area contributed by atoms with Crippen molar-refractivity contribution in [3.8, 4) is 0 Å². The van der Waals surface area contributed by atoms with Crippen LogP contribution in [0.15, 0.2) is 66.7 Å². The van der Waals surface area contributed by atoms with Crippen LogP contribution in [-0.4, -0.2) is 38.7 Å². The highest BCUT2D eigenvalue weighted by atomic mass is 35.5. The van der Waals surface area contributed by atoms with Gasteiger partial charge in [0.25, 0.3) is 17.6 Å². The van der Waals surface area contributed by atoms with E-state index in [0.29, 0.717) is 12.2 Å². The number of rotatable bonds is 10.